The number of anilines is 3. The van der Waals surface area contributed by atoms with Gasteiger partial charge in [-0.15, -0.1) is 0 Å². The fourth-order valence-electron chi connectivity index (χ4n) is 13.3. The van der Waals surface area contributed by atoms with Crippen LogP contribution in [0, 0.1) is 53.2 Å². The first-order valence-electron chi connectivity index (χ1n) is 37.6. The Morgan fingerprint density at radius 3 is 1.52 bits per heavy atom. The Hall–Kier alpha value is -13.6. The number of H-pyrrole nitrogens is 2. The number of ether oxygens (including phenoxy) is 2. The standard InChI is InChI=1S/C31H29N7O2.C25H25N3O2.C15H10ClFN2O2.C13H10ClFN2O.C6H5ClN4/c1-19-10-7-8-15-25(19)38-30(37-23-14-9-11-20(2)26(23)31(38)39)24(17-40-16-22-12-5-4-6-13-22)36-29-27-28(33-18-32-27)34-21(3)35-29;1-17-9-6-7-14-22(17)28-24(20(26)16-30-15-19-11-4-3-5-12-19)27-21-13-8-10-18(2)23(21)25(28)29;16-9-4-1-2-7-12(9)19-13(8-20)18-11-6-3-5-10(17)14(11)15(19)21;14-8-4-1-2-7-11(8)17-13(18)12-9(15)5-3-6-10(12)16;1-3-10-5(7)4-6(11-3)9-2-8-4/h4-15,18,24H,16-17H2,1-3H3,(H2,32,33,34,35,36);3-14,20H,15-16,26H2,1-2H3;1-7,20H,8H2;1-7H,16H2,(H,17,18);2H,1H3,(H,8,9,10,11). The van der Waals surface area contributed by atoms with Gasteiger partial charge in [-0.1, -0.05) is 193 Å². The largest absolute Gasteiger partial charge is 0.398 e. The number of nitrogens with zero attached hydrogens (tertiary/aromatic N) is 12. The van der Waals surface area contributed by atoms with Gasteiger partial charge in [-0.05, 0) is 148 Å². The Morgan fingerprint density at radius 2 is 0.950 bits per heavy atom. The van der Waals surface area contributed by atoms with Gasteiger partial charge in [0, 0.05) is 5.69 Å². The minimum Gasteiger partial charge on any atom is -0.398 e. The summed E-state index contributed by atoms with van der Waals surface area (Å²) >= 11 is 17.8. The molecule has 0 saturated heterocycles. The second-order valence-corrected chi connectivity index (χ2v) is 28.6. The first-order valence-corrected chi connectivity index (χ1v) is 38.8. The number of imidazole rings is 2. The third-order valence-electron chi connectivity index (χ3n) is 19.0. The van der Waals surface area contributed by atoms with Crippen molar-refractivity contribution in [1.29, 1.82) is 0 Å². The number of aliphatic hydroxyl groups is 1. The highest BCUT2D eigenvalue weighted by Crippen LogP contribution is 2.31. The molecule has 7 aromatic heterocycles. The van der Waals surface area contributed by atoms with Crippen molar-refractivity contribution in [2.45, 2.75) is 73.4 Å². The average Bonchev–Trinajstić information content (AvgIpc) is 0.802. The summed E-state index contributed by atoms with van der Waals surface area (Å²) in [6.45, 7) is 12.3. The van der Waals surface area contributed by atoms with E-state index >= 15 is 0 Å². The van der Waals surface area contributed by atoms with Crippen LogP contribution in [-0.4, -0.2) is 92.8 Å². The SMILES string of the molecule is Cc1ccccc1-n1c(C(N)COCc2ccccc2)nc2cccc(C)c2c1=O.Cc1nc(Cl)c2[nH]cnc2n1.Cc1nc(NC(COCc2ccccc2)c2nc3cccc(C)c3c(=O)n2-c2ccccc2C)c2[nH]cnc2n1.Nc1cccc(F)c1C(=O)Nc1ccccc1Cl.O=c1c2c(F)cccc2nc(CO)n1-c1ccccc1Cl. The zero-order valence-corrected chi connectivity index (χ0v) is 67.9. The van der Waals surface area contributed by atoms with Crippen LogP contribution in [0.5, 0.6) is 0 Å². The maximum Gasteiger partial charge on any atom is 0.269 e. The maximum absolute atomic E-state index is 14.2. The molecule has 9 N–H and O–H groups in total. The fourth-order valence-corrected chi connectivity index (χ4v) is 13.9. The number of amides is 1. The topological polar surface area (TPSA) is 345 Å². The molecule has 17 rings (SSSR count). The van der Waals surface area contributed by atoms with Crippen molar-refractivity contribution in [3.05, 3.63) is 369 Å². The number of aryl methyl sites for hydroxylation is 6. The Bertz CT molecular complexity index is 6760. The van der Waals surface area contributed by atoms with E-state index in [2.05, 4.69) is 55.5 Å². The summed E-state index contributed by atoms with van der Waals surface area (Å²) in [7, 11) is 0. The quantitative estimate of drug-likeness (QED) is 0.0310. The van der Waals surface area contributed by atoms with Gasteiger partial charge < -0.3 is 46.6 Å². The molecular weight excluding hydrogens is 1590 g/mol. The predicted molar refractivity (Wildman–Crippen MR) is 465 cm³/mol. The molecule has 2 atom stereocenters. The molecule has 7 heterocycles. The number of nitrogens with one attached hydrogen (secondary N) is 4. The van der Waals surface area contributed by atoms with Crippen molar-refractivity contribution < 1.29 is 28.2 Å². The molecule has 0 saturated carbocycles. The van der Waals surface area contributed by atoms with E-state index in [1.54, 1.807) is 77.2 Å². The zero-order valence-electron chi connectivity index (χ0n) is 65.6. The molecule has 17 aromatic rings. The van der Waals surface area contributed by atoms with E-state index < -0.39 is 41.8 Å². The van der Waals surface area contributed by atoms with Gasteiger partial charge >= 0.3 is 0 Å². The number of benzene rings is 10. The fraction of sp³-hybridized carbons (Fsp3) is 0.144. The first-order chi connectivity index (χ1) is 58.0. The lowest BCUT2D eigenvalue weighted by Gasteiger charge is -2.24. The number of rotatable bonds is 18. The van der Waals surface area contributed by atoms with Crippen LogP contribution in [0.2, 0.25) is 15.2 Å². The number of fused-ring (bicyclic) bond motifs is 5. The predicted octanol–water partition coefficient (Wildman–Crippen LogP) is 16.9. The lowest BCUT2D eigenvalue weighted by atomic mass is 10.1. The van der Waals surface area contributed by atoms with Gasteiger partial charge in [0.05, 0.1) is 111 Å². The third-order valence-corrected chi connectivity index (χ3v) is 20.0. The van der Waals surface area contributed by atoms with Crippen molar-refractivity contribution in [3.63, 3.8) is 0 Å². The molecule has 0 fully saturated rings. The van der Waals surface area contributed by atoms with Crippen LogP contribution in [0.15, 0.2) is 258 Å². The zero-order chi connectivity index (χ0) is 84.7. The highest BCUT2D eigenvalue weighted by atomic mass is 35.5. The summed E-state index contributed by atoms with van der Waals surface area (Å²) in [6, 6.07) is 67.4. The number of aliphatic hydroxyl groups excluding tert-OH is 1. The molecule has 606 valence electrons. The third kappa shape index (κ3) is 19.3. The Balaban J connectivity index is 0.000000137. The molecule has 0 aliphatic carbocycles. The van der Waals surface area contributed by atoms with Gasteiger partial charge in [0.1, 0.15) is 69.8 Å². The van der Waals surface area contributed by atoms with Crippen molar-refractivity contribution in [2.24, 2.45) is 5.73 Å². The number of nitrogens with two attached hydrogens (primary N) is 2. The van der Waals surface area contributed by atoms with E-state index in [4.69, 9.17) is 65.7 Å². The van der Waals surface area contributed by atoms with Gasteiger partial charge in [-0.25, -0.2) is 53.6 Å². The van der Waals surface area contributed by atoms with Gasteiger partial charge in [-0.3, -0.25) is 32.9 Å². The van der Waals surface area contributed by atoms with Crippen LogP contribution >= 0.6 is 34.8 Å². The van der Waals surface area contributed by atoms with E-state index in [9.17, 15) is 33.1 Å². The number of para-hydroxylation sites is 4. The van der Waals surface area contributed by atoms with Crippen LogP contribution in [0.1, 0.15) is 84.9 Å². The molecule has 2 unspecified atom stereocenters. The van der Waals surface area contributed by atoms with Gasteiger partial charge in [-0.2, -0.15) is 0 Å². The van der Waals surface area contributed by atoms with Crippen molar-refractivity contribution in [1.82, 2.24) is 68.5 Å². The molecular formula is C90H79Cl3F2N18O7. The van der Waals surface area contributed by atoms with Crippen LogP contribution < -0.4 is 38.8 Å². The van der Waals surface area contributed by atoms with Gasteiger partial charge in [0.25, 0.3) is 22.6 Å². The Morgan fingerprint density at radius 1 is 0.483 bits per heavy atom. The number of aromatic nitrogens is 14. The van der Waals surface area contributed by atoms with Crippen LogP contribution in [-0.2, 0) is 29.3 Å². The molecule has 1 amide bonds. The molecule has 0 radical (unpaired) electrons. The Kier molecular flexibility index (Phi) is 27.1. The van der Waals surface area contributed by atoms with E-state index in [1.165, 1.54) is 36.4 Å². The normalized spacial score (nSPS) is 11.5. The number of nitrogen functional groups attached to an aromatic ring is 1. The average molecular weight is 1670 g/mol. The number of hydrogen-bond acceptors (Lipinski definition) is 19. The molecule has 0 spiro atoms. The highest BCUT2D eigenvalue weighted by Gasteiger charge is 2.27. The summed E-state index contributed by atoms with van der Waals surface area (Å²) in [5.41, 5.74) is 23.3. The van der Waals surface area contributed by atoms with E-state index in [0.29, 0.717) is 113 Å². The first kappa shape index (κ1) is 84.3. The smallest absolute Gasteiger partial charge is 0.269 e. The molecule has 0 aliphatic rings. The number of aromatic amines is 2. The monoisotopic (exact) mass is 1670 g/mol. The van der Waals surface area contributed by atoms with Crippen LogP contribution in [0.4, 0.5) is 26.0 Å². The highest BCUT2D eigenvalue weighted by molar-refractivity contribution is 6.34. The van der Waals surface area contributed by atoms with E-state index in [1.807, 2.05) is 180 Å². The van der Waals surface area contributed by atoms with Crippen LogP contribution in [0.3, 0.4) is 0 Å². The number of hydrogen-bond donors (Lipinski definition) is 7. The molecule has 0 bridgehead atoms. The van der Waals surface area contributed by atoms with Crippen LogP contribution in [0.25, 0.3) is 72.1 Å². The van der Waals surface area contributed by atoms with Crippen molar-refractivity contribution >= 4 is 113 Å². The molecule has 30 heteroatoms. The maximum atomic E-state index is 14.2. The number of carbonyl (C=O) groups is 1. The molecule has 10 aromatic carbocycles. The molecule has 25 nitrogen and oxygen atoms in total. The number of carbonyl (C=O) groups excluding carboxylic acids is 1. The van der Waals surface area contributed by atoms with Gasteiger partial charge in [0.2, 0.25) is 0 Å². The summed E-state index contributed by atoms with van der Waals surface area (Å²) in [5.74, 6) is 0.942. The minimum absolute atomic E-state index is 0.0829. The second-order valence-electron chi connectivity index (χ2n) is 27.5. The Labute approximate surface area is 700 Å². The van der Waals surface area contributed by atoms with Gasteiger partial charge in [0.15, 0.2) is 22.3 Å². The van der Waals surface area contributed by atoms with E-state index in [-0.39, 0.29) is 52.3 Å². The van der Waals surface area contributed by atoms with Crippen molar-refractivity contribution in [2.75, 3.05) is 29.6 Å². The summed E-state index contributed by atoms with van der Waals surface area (Å²) < 4.78 is 44.0. The number of halogens is 5. The molecule has 0 aliphatic heterocycles. The minimum atomic E-state index is -0.667. The van der Waals surface area contributed by atoms with E-state index in [0.717, 1.165) is 49.3 Å². The summed E-state index contributed by atoms with van der Waals surface area (Å²) in [6.07, 6.45) is 3.13. The summed E-state index contributed by atoms with van der Waals surface area (Å²) in [5, 5.41) is 17.7. The summed E-state index contributed by atoms with van der Waals surface area (Å²) in [4.78, 5) is 97.6. The van der Waals surface area contributed by atoms with Crippen molar-refractivity contribution in [3.8, 4) is 17.1 Å². The second kappa shape index (κ2) is 38.6. The lowest BCUT2D eigenvalue weighted by molar-refractivity contribution is 0.102. The lowest BCUT2D eigenvalue weighted by Crippen LogP contribution is -2.31. The molecule has 120 heavy (non-hydrogen) atoms.